The van der Waals surface area contributed by atoms with E-state index in [1.54, 1.807) is 13.0 Å². The summed E-state index contributed by atoms with van der Waals surface area (Å²) < 4.78 is 0. The molecule has 0 bridgehead atoms. The third-order valence-corrected chi connectivity index (χ3v) is 4.37. The van der Waals surface area contributed by atoms with Crippen LogP contribution in [0.25, 0.3) is 0 Å². The van der Waals surface area contributed by atoms with Crippen molar-refractivity contribution in [1.82, 2.24) is 0 Å². The number of carbonyl (C=O) groups excluding carboxylic acids is 2. The van der Waals surface area contributed by atoms with Gasteiger partial charge in [0.2, 0.25) is 0 Å². The van der Waals surface area contributed by atoms with Crippen LogP contribution in [0.2, 0.25) is 0 Å². The average Bonchev–Trinajstić information content (AvgIpc) is 2.58. The summed E-state index contributed by atoms with van der Waals surface area (Å²) in [5.74, 6) is -0.0307. The first-order chi connectivity index (χ1) is 8.02. The predicted octanol–water partition coefficient (Wildman–Crippen LogP) is 3.35. The smallest absolute Gasteiger partial charge is 0.171 e. The van der Waals surface area contributed by atoms with E-state index in [9.17, 15) is 9.59 Å². The van der Waals surface area contributed by atoms with Crippen molar-refractivity contribution in [1.29, 1.82) is 0 Å². The lowest BCUT2D eigenvalue weighted by Crippen LogP contribution is -2.12. The van der Waals surface area contributed by atoms with Crippen molar-refractivity contribution < 1.29 is 9.59 Å². The largest absolute Gasteiger partial charge is 0.294 e. The topological polar surface area (TPSA) is 34.1 Å². The Morgan fingerprint density at radius 1 is 1.53 bits per heavy atom. The van der Waals surface area contributed by atoms with Crippen LogP contribution in [-0.4, -0.2) is 11.6 Å². The number of fused-ring (bicyclic) bond motifs is 1. The quantitative estimate of drug-likeness (QED) is 0.562. The molecule has 0 spiro atoms. The molecule has 0 N–H and O–H groups in total. The minimum absolute atomic E-state index is 0.0386. The van der Waals surface area contributed by atoms with Gasteiger partial charge in [-0.05, 0) is 31.6 Å². The van der Waals surface area contributed by atoms with Gasteiger partial charge in [0.1, 0.15) is 0 Å². The number of hydrogen-bond donors (Lipinski definition) is 0. The van der Waals surface area contributed by atoms with Crippen LogP contribution in [0.5, 0.6) is 0 Å². The molecule has 88 valence electrons. The second-order valence-electron chi connectivity index (χ2n) is 4.31. The molecule has 0 radical (unpaired) electrons. The van der Waals surface area contributed by atoms with Gasteiger partial charge in [0.05, 0.1) is 4.88 Å². The molecule has 0 fully saturated rings. The zero-order valence-electron chi connectivity index (χ0n) is 10.2. The lowest BCUT2D eigenvalue weighted by atomic mass is 9.93. The maximum atomic E-state index is 12.3. The van der Waals surface area contributed by atoms with Crippen LogP contribution in [-0.2, 0) is 6.42 Å². The Morgan fingerprint density at radius 2 is 2.24 bits per heavy atom. The number of Topliss-reactive ketones (excluding diaryl/α,β-unsaturated/α-hetero) is 2. The molecule has 1 aromatic rings. The van der Waals surface area contributed by atoms with Gasteiger partial charge < -0.3 is 0 Å². The van der Waals surface area contributed by atoms with Crippen molar-refractivity contribution in [3.8, 4) is 0 Å². The highest BCUT2D eigenvalue weighted by Crippen LogP contribution is 2.32. The molecule has 1 aromatic heterocycles. The molecule has 2 rings (SSSR count). The molecule has 1 unspecified atom stereocenters. The van der Waals surface area contributed by atoms with Crippen LogP contribution in [0.1, 0.15) is 44.3 Å². The summed E-state index contributed by atoms with van der Waals surface area (Å²) in [4.78, 5) is 25.5. The van der Waals surface area contributed by atoms with E-state index in [1.165, 1.54) is 11.3 Å². The minimum Gasteiger partial charge on any atom is -0.294 e. The monoisotopic (exact) mass is 246 g/mol. The van der Waals surface area contributed by atoms with Crippen LogP contribution in [0, 0.1) is 12.8 Å². The fourth-order valence-electron chi connectivity index (χ4n) is 2.04. The van der Waals surface area contributed by atoms with E-state index in [2.05, 4.69) is 5.73 Å². The Morgan fingerprint density at radius 3 is 2.88 bits per heavy atom. The number of carbonyl (C=O) groups is 2. The van der Waals surface area contributed by atoms with Crippen LogP contribution in [0.4, 0.5) is 0 Å². The zero-order chi connectivity index (χ0) is 12.6. The van der Waals surface area contributed by atoms with E-state index in [-0.39, 0.29) is 17.5 Å². The molecule has 1 aliphatic rings. The van der Waals surface area contributed by atoms with E-state index in [0.717, 1.165) is 16.0 Å². The molecule has 0 saturated carbocycles. The van der Waals surface area contributed by atoms with E-state index < -0.39 is 0 Å². The molecule has 1 atom stereocenters. The Kier molecular flexibility index (Phi) is 3.14. The van der Waals surface area contributed by atoms with E-state index in [1.807, 2.05) is 19.9 Å². The molecule has 17 heavy (non-hydrogen) atoms. The lowest BCUT2D eigenvalue weighted by molar-refractivity contribution is 0.0952. The van der Waals surface area contributed by atoms with Gasteiger partial charge >= 0.3 is 0 Å². The average molecular weight is 246 g/mol. The van der Waals surface area contributed by atoms with Gasteiger partial charge in [-0.25, -0.2) is 0 Å². The number of thiophene rings is 1. The highest BCUT2D eigenvalue weighted by Gasteiger charge is 2.25. The Balaban J connectivity index is 2.64. The molecule has 3 heteroatoms. The SMILES string of the molecule is CC(=O)c1sc2c(c1C)C(=O)C(C)C=C=CC2. The van der Waals surface area contributed by atoms with Crippen molar-refractivity contribution in [2.75, 3.05) is 0 Å². The first-order valence-corrected chi connectivity index (χ1v) is 6.42. The minimum atomic E-state index is -0.168. The fourth-order valence-corrected chi connectivity index (χ4v) is 3.21. The van der Waals surface area contributed by atoms with Crippen molar-refractivity contribution in [2.24, 2.45) is 5.92 Å². The van der Waals surface area contributed by atoms with Crippen molar-refractivity contribution in [3.05, 3.63) is 38.8 Å². The van der Waals surface area contributed by atoms with Crippen molar-refractivity contribution >= 4 is 22.9 Å². The summed E-state index contributed by atoms with van der Waals surface area (Å²) in [6.07, 6.45) is 4.39. The van der Waals surface area contributed by atoms with Gasteiger partial charge in [-0.3, -0.25) is 9.59 Å². The van der Waals surface area contributed by atoms with Gasteiger partial charge in [-0.1, -0.05) is 6.92 Å². The van der Waals surface area contributed by atoms with Gasteiger partial charge in [-0.2, -0.15) is 0 Å². The summed E-state index contributed by atoms with van der Waals surface area (Å²) in [6.45, 7) is 5.28. The second kappa shape index (κ2) is 4.44. The molecule has 0 aromatic carbocycles. The van der Waals surface area contributed by atoms with Crippen molar-refractivity contribution in [3.63, 3.8) is 0 Å². The molecular weight excluding hydrogens is 232 g/mol. The molecule has 1 heterocycles. The molecule has 1 aliphatic carbocycles. The van der Waals surface area contributed by atoms with Gasteiger partial charge in [0, 0.05) is 22.8 Å². The summed E-state index contributed by atoms with van der Waals surface area (Å²) >= 11 is 1.44. The van der Waals surface area contributed by atoms with Crippen LogP contribution in [0.15, 0.2) is 17.9 Å². The normalized spacial score (nSPS) is 18.8. The number of hydrogen-bond acceptors (Lipinski definition) is 3. The number of allylic oxidation sites excluding steroid dienone is 1. The Labute approximate surface area is 105 Å². The Bertz CT molecular complexity index is 557. The van der Waals surface area contributed by atoms with Crippen LogP contribution >= 0.6 is 11.3 Å². The van der Waals surface area contributed by atoms with Crippen LogP contribution in [0.3, 0.4) is 0 Å². The maximum Gasteiger partial charge on any atom is 0.171 e. The summed E-state index contributed by atoms with van der Waals surface area (Å²) in [5.41, 5.74) is 4.61. The van der Waals surface area contributed by atoms with E-state index >= 15 is 0 Å². The number of rotatable bonds is 1. The van der Waals surface area contributed by atoms with E-state index in [4.69, 9.17) is 0 Å². The highest BCUT2D eigenvalue weighted by atomic mass is 32.1. The third-order valence-electron chi connectivity index (χ3n) is 2.95. The summed E-state index contributed by atoms with van der Waals surface area (Å²) in [7, 11) is 0. The van der Waals surface area contributed by atoms with Gasteiger partial charge in [-0.15, -0.1) is 17.1 Å². The lowest BCUT2D eigenvalue weighted by Gasteiger charge is -2.08. The number of ketones is 2. The molecule has 2 nitrogen and oxygen atoms in total. The molecule has 0 saturated heterocycles. The van der Waals surface area contributed by atoms with Crippen LogP contribution < -0.4 is 0 Å². The second-order valence-corrected chi connectivity index (χ2v) is 5.41. The zero-order valence-corrected chi connectivity index (χ0v) is 11.0. The summed E-state index contributed by atoms with van der Waals surface area (Å²) in [5, 5.41) is 0. The maximum absolute atomic E-state index is 12.3. The van der Waals surface area contributed by atoms with Crippen molar-refractivity contribution in [2.45, 2.75) is 27.2 Å². The highest BCUT2D eigenvalue weighted by molar-refractivity contribution is 7.14. The standard InChI is InChI=1S/C14H14O2S/c1-8-6-4-5-7-11-12(13(8)16)9(2)14(17-11)10(3)15/h5-6,8H,7H2,1-3H3. The first-order valence-electron chi connectivity index (χ1n) is 5.61. The molecule has 0 amide bonds. The molecular formula is C14H14O2S. The fraction of sp³-hybridized carbons (Fsp3) is 0.357. The van der Waals surface area contributed by atoms with Gasteiger partial charge in [0.15, 0.2) is 11.6 Å². The van der Waals surface area contributed by atoms with E-state index in [0.29, 0.717) is 11.3 Å². The predicted molar refractivity (Wildman–Crippen MR) is 68.9 cm³/mol. The first kappa shape index (κ1) is 12.0. The Hall–Kier alpha value is -1.44. The molecule has 0 aliphatic heterocycles. The van der Waals surface area contributed by atoms with Gasteiger partial charge in [0.25, 0.3) is 0 Å². The third kappa shape index (κ3) is 2.04. The summed E-state index contributed by atoms with van der Waals surface area (Å²) in [6, 6.07) is 0.